The average Bonchev–Trinajstić information content (AvgIpc) is 2.87. The van der Waals surface area contributed by atoms with E-state index in [0.717, 1.165) is 11.6 Å². The molecule has 0 amide bonds. The first-order chi connectivity index (χ1) is 6.75. The Morgan fingerprint density at radius 3 is 3.07 bits per heavy atom. The van der Waals surface area contributed by atoms with Gasteiger partial charge in [0.05, 0.1) is 11.5 Å². The van der Waals surface area contributed by atoms with Crippen LogP contribution in [-0.4, -0.2) is 32.0 Å². The monoisotopic (exact) mass is 213 g/mol. The number of aromatic nitrogens is 3. The molecule has 6 heteroatoms. The molecule has 0 saturated heterocycles. The number of carboxylic acid groups (broad SMARTS) is 1. The molecule has 2 N–H and O–H groups in total. The number of thioether (sulfide) groups is 1. The summed E-state index contributed by atoms with van der Waals surface area (Å²) in [5.74, 6) is 2.11. The fourth-order valence-electron chi connectivity index (χ4n) is 1.13. The van der Waals surface area contributed by atoms with Gasteiger partial charge < -0.3 is 5.11 Å². The average molecular weight is 213 g/mol. The van der Waals surface area contributed by atoms with Crippen LogP contribution in [0.25, 0.3) is 0 Å². The maximum Gasteiger partial charge on any atom is 0.313 e. The molecule has 0 radical (unpaired) electrons. The molecule has 0 aliphatic heterocycles. The highest BCUT2D eigenvalue weighted by atomic mass is 32.2. The summed E-state index contributed by atoms with van der Waals surface area (Å²) in [6.07, 6.45) is 2.36. The molecule has 14 heavy (non-hydrogen) atoms. The Bertz CT molecular complexity index is 335. The van der Waals surface area contributed by atoms with Gasteiger partial charge >= 0.3 is 5.97 Å². The second-order valence-corrected chi connectivity index (χ2v) is 4.29. The van der Waals surface area contributed by atoms with Crippen molar-refractivity contribution in [2.75, 3.05) is 5.75 Å². The number of aromatic amines is 1. The number of nitrogens with one attached hydrogen (secondary N) is 1. The number of rotatable bonds is 5. The van der Waals surface area contributed by atoms with Crippen LogP contribution in [0.3, 0.4) is 0 Å². The van der Waals surface area contributed by atoms with Gasteiger partial charge in [-0.05, 0) is 12.8 Å². The predicted octanol–water partition coefficient (Wildman–Crippen LogP) is 1.000. The second-order valence-electron chi connectivity index (χ2n) is 3.30. The van der Waals surface area contributed by atoms with Gasteiger partial charge in [-0.3, -0.25) is 9.89 Å². The van der Waals surface area contributed by atoms with Crippen LogP contribution in [0, 0.1) is 0 Å². The first kappa shape index (κ1) is 9.51. The first-order valence-electron chi connectivity index (χ1n) is 4.46. The topological polar surface area (TPSA) is 78.9 Å². The number of carbonyl (C=O) groups is 1. The maximum absolute atomic E-state index is 10.2. The summed E-state index contributed by atoms with van der Waals surface area (Å²) < 4.78 is 0. The molecule has 1 saturated carbocycles. The van der Waals surface area contributed by atoms with Gasteiger partial charge in [-0.25, -0.2) is 4.98 Å². The lowest BCUT2D eigenvalue weighted by atomic mass is 10.4. The zero-order valence-electron chi connectivity index (χ0n) is 7.56. The summed E-state index contributed by atoms with van der Waals surface area (Å²) >= 11 is 1.33. The van der Waals surface area contributed by atoms with Crippen molar-refractivity contribution < 1.29 is 9.90 Å². The van der Waals surface area contributed by atoms with E-state index in [-0.39, 0.29) is 5.75 Å². The molecule has 1 aliphatic carbocycles. The van der Waals surface area contributed by atoms with E-state index in [2.05, 4.69) is 15.2 Å². The second kappa shape index (κ2) is 4.00. The lowest BCUT2D eigenvalue weighted by molar-refractivity contribution is -0.133. The molecule has 76 valence electrons. The Balaban J connectivity index is 1.80. The van der Waals surface area contributed by atoms with Gasteiger partial charge in [0.25, 0.3) is 0 Å². The van der Waals surface area contributed by atoms with Crippen molar-refractivity contribution >= 4 is 17.7 Å². The molecule has 1 heterocycles. The number of carboxylic acids is 1. The molecule has 1 aliphatic rings. The molecule has 0 unspecified atom stereocenters. The third kappa shape index (κ3) is 2.47. The molecule has 1 fully saturated rings. The van der Waals surface area contributed by atoms with Crippen molar-refractivity contribution in [3.63, 3.8) is 0 Å². The minimum atomic E-state index is -0.795. The van der Waals surface area contributed by atoms with E-state index in [0.29, 0.717) is 11.7 Å². The zero-order chi connectivity index (χ0) is 9.97. The van der Waals surface area contributed by atoms with Gasteiger partial charge in [0.15, 0.2) is 5.82 Å². The Kier molecular flexibility index (Phi) is 2.72. The molecule has 0 aromatic carbocycles. The molecule has 2 rings (SSSR count). The normalized spacial score (nSPS) is 15.7. The van der Waals surface area contributed by atoms with Gasteiger partial charge in [-0.15, -0.1) is 11.8 Å². The van der Waals surface area contributed by atoms with E-state index in [4.69, 9.17) is 5.11 Å². The number of hydrogen-bond donors (Lipinski definition) is 2. The Labute approximate surface area is 85.3 Å². The number of H-pyrrole nitrogens is 1. The lowest BCUT2D eigenvalue weighted by Crippen LogP contribution is -1.98. The highest BCUT2D eigenvalue weighted by Crippen LogP contribution is 2.37. The summed E-state index contributed by atoms with van der Waals surface area (Å²) in [4.78, 5) is 14.5. The lowest BCUT2D eigenvalue weighted by Gasteiger charge is -1.92. The molecule has 0 bridgehead atoms. The summed E-state index contributed by atoms with van der Waals surface area (Å²) in [5.41, 5.74) is 0. The Hall–Kier alpha value is -1.04. The van der Waals surface area contributed by atoms with Crippen LogP contribution in [0.1, 0.15) is 30.4 Å². The fourth-order valence-corrected chi connectivity index (χ4v) is 1.73. The highest BCUT2D eigenvalue weighted by Gasteiger charge is 2.27. The van der Waals surface area contributed by atoms with Crippen molar-refractivity contribution in [1.29, 1.82) is 0 Å². The van der Waals surface area contributed by atoms with E-state index in [1.54, 1.807) is 0 Å². The minimum absolute atomic E-state index is 0.111. The zero-order valence-corrected chi connectivity index (χ0v) is 8.38. The van der Waals surface area contributed by atoms with E-state index < -0.39 is 5.97 Å². The first-order valence-corrected chi connectivity index (χ1v) is 5.62. The molecule has 0 spiro atoms. The van der Waals surface area contributed by atoms with Crippen LogP contribution in [0.4, 0.5) is 0 Å². The molecule has 5 nitrogen and oxygen atoms in total. The van der Waals surface area contributed by atoms with Crippen molar-refractivity contribution in [2.45, 2.75) is 24.5 Å². The molecule has 1 aromatic rings. The van der Waals surface area contributed by atoms with Crippen LogP contribution >= 0.6 is 11.8 Å². The quantitative estimate of drug-likeness (QED) is 0.762. The van der Waals surface area contributed by atoms with Crippen molar-refractivity contribution in [1.82, 2.24) is 15.2 Å². The smallest absolute Gasteiger partial charge is 0.313 e. The predicted molar refractivity (Wildman–Crippen MR) is 52.2 cm³/mol. The Morgan fingerprint density at radius 2 is 2.43 bits per heavy atom. The van der Waals surface area contributed by atoms with E-state index in [1.807, 2.05) is 0 Å². The maximum atomic E-state index is 10.2. The SMILES string of the molecule is O=C(O)CSCc1nc(C2CC2)n[nH]1. The van der Waals surface area contributed by atoms with E-state index in [1.165, 1.54) is 24.6 Å². The highest BCUT2D eigenvalue weighted by molar-refractivity contribution is 7.99. The standard InChI is InChI=1S/C8H11N3O2S/c12-7(13)4-14-3-6-9-8(11-10-6)5-1-2-5/h5H,1-4H2,(H,12,13)(H,9,10,11). The Morgan fingerprint density at radius 1 is 1.64 bits per heavy atom. The van der Waals surface area contributed by atoms with Gasteiger partial charge in [-0.1, -0.05) is 0 Å². The van der Waals surface area contributed by atoms with Crippen LogP contribution < -0.4 is 0 Å². The molecule has 0 atom stereocenters. The third-order valence-corrected chi connectivity index (χ3v) is 2.88. The van der Waals surface area contributed by atoms with E-state index >= 15 is 0 Å². The molecular weight excluding hydrogens is 202 g/mol. The van der Waals surface area contributed by atoms with Crippen LogP contribution in [0.2, 0.25) is 0 Å². The number of nitrogens with zero attached hydrogens (tertiary/aromatic N) is 2. The minimum Gasteiger partial charge on any atom is -0.481 e. The molecule has 1 aromatic heterocycles. The van der Waals surface area contributed by atoms with Crippen molar-refractivity contribution in [3.8, 4) is 0 Å². The van der Waals surface area contributed by atoms with E-state index in [9.17, 15) is 4.79 Å². The summed E-state index contributed by atoms with van der Waals surface area (Å²) in [6.45, 7) is 0. The third-order valence-electron chi connectivity index (χ3n) is 1.96. The fraction of sp³-hybridized carbons (Fsp3) is 0.625. The van der Waals surface area contributed by atoms with Crippen LogP contribution in [0.15, 0.2) is 0 Å². The van der Waals surface area contributed by atoms with Crippen molar-refractivity contribution in [2.24, 2.45) is 0 Å². The van der Waals surface area contributed by atoms with Crippen molar-refractivity contribution in [3.05, 3.63) is 11.6 Å². The van der Waals surface area contributed by atoms with Crippen LogP contribution in [0.5, 0.6) is 0 Å². The van der Waals surface area contributed by atoms with Gasteiger partial charge in [-0.2, -0.15) is 5.10 Å². The summed E-state index contributed by atoms with van der Waals surface area (Å²) in [5, 5.41) is 15.3. The summed E-state index contributed by atoms with van der Waals surface area (Å²) in [6, 6.07) is 0. The molecular formula is C8H11N3O2S. The van der Waals surface area contributed by atoms with Gasteiger partial charge in [0.1, 0.15) is 5.82 Å². The largest absolute Gasteiger partial charge is 0.481 e. The number of hydrogen-bond acceptors (Lipinski definition) is 4. The van der Waals surface area contributed by atoms with Crippen LogP contribution in [-0.2, 0) is 10.5 Å². The number of aliphatic carboxylic acids is 1. The van der Waals surface area contributed by atoms with Gasteiger partial charge in [0, 0.05) is 5.92 Å². The summed E-state index contributed by atoms with van der Waals surface area (Å²) in [7, 11) is 0. The van der Waals surface area contributed by atoms with Gasteiger partial charge in [0.2, 0.25) is 0 Å².